The van der Waals surface area contributed by atoms with Gasteiger partial charge in [0.1, 0.15) is 11.5 Å². The van der Waals surface area contributed by atoms with E-state index in [2.05, 4.69) is 20.8 Å². The van der Waals surface area contributed by atoms with Crippen molar-refractivity contribution in [2.24, 2.45) is 0 Å². The molecule has 1 saturated heterocycles. The Morgan fingerprint density at radius 2 is 2.07 bits per heavy atom. The monoisotopic (exact) mass is 392 g/mol. The summed E-state index contributed by atoms with van der Waals surface area (Å²) in [6.07, 6.45) is 2.07. The highest BCUT2D eigenvalue weighted by atomic mass is 35.5. The number of rotatable bonds is 7. The van der Waals surface area contributed by atoms with Crippen LogP contribution in [0.4, 0.5) is 11.5 Å². The zero-order valence-electron chi connectivity index (χ0n) is 15.1. The maximum Gasteiger partial charge on any atom is 0.271 e. The summed E-state index contributed by atoms with van der Waals surface area (Å²) in [5.41, 5.74) is 0.850. The number of benzene rings is 1. The molecule has 2 N–H and O–H groups in total. The van der Waals surface area contributed by atoms with Crippen LogP contribution in [-0.2, 0) is 4.74 Å². The quantitative estimate of drug-likeness (QED) is 0.748. The van der Waals surface area contributed by atoms with Gasteiger partial charge in [-0.15, -0.1) is 10.2 Å². The van der Waals surface area contributed by atoms with Gasteiger partial charge < -0.3 is 24.8 Å². The third-order valence-corrected chi connectivity index (χ3v) is 4.44. The Hall–Kier alpha value is -2.58. The first-order valence-electron chi connectivity index (χ1n) is 8.52. The molecule has 2 heterocycles. The van der Waals surface area contributed by atoms with Gasteiger partial charge >= 0.3 is 0 Å². The number of amides is 1. The van der Waals surface area contributed by atoms with Crippen LogP contribution < -0.4 is 20.1 Å². The minimum Gasteiger partial charge on any atom is -0.495 e. The highest BCUT2D eigenvalue weighted by molar-refractivity contribution is 6.32. The summed E-state index contributed by atoms with van der Waals surface area (Å²) < 4.78 is 16.0. The van der Waals surface area contributed by atoms with E-state index in [0.717, 1.165) is 19.4 Å². The van der Waals surface area contributed by atoms with Crippen LogP contribution in [0.1, 0.15) is 23.3 Å². The van der Waals surface area contributed by atoms with E-state index in [1.54, 1.807) is 24.3 Å². The largest absolute Gasteiger partial charge is 0.495 e. The van der Waals surface area contributed by atoms with E-state index in [4.69, 9.17) is 25.8 Å². The van der Waals surface area contributed by atoms with Gasteiger partial charge in [-0.05, 0) is 25.0 Å². The molecule has 0 spiro atoms. The number of nitrogens with zero attached hydrogens (tertiary/aromatic N) is 2. The van der Waals surface area contributed by atoms with Gasteiger partial charge in [0, 0.05) is 25.3 Å². The Bertz CT molecular complexity index is 795. The highest BCUT2D eigenvalue weighted by Crippen LogP contribution is 2.36. The summed E-state index contributed by atoms with van der Waals surface area (Å²) in [5, 5.41) is 14.3. The predicted octanol–water partition coefficient (Wildman–Crippen LogP) is 2.80. The number of ether oxygens (including phenoxy) is 3. The maximum absolute atomic E-state index is 12.2. The smallest absolute Gasteiger partial charge is 0.271 e. The van der Waals surface area contributed by atoms with E-state index in [1.807, 2.05) is 0 Å². The molecule has 1 fully saturated rings. The molecule has 9 heteroatoms. The van der Waals surface area contributed by atoms with Gasteiger partial charge in [-0.2, -0.15) is 0 Å². The molecule has 27 heavy (non-hydrogen) atoms. The number of nitrogens with one attached hydrogen (secondary N) is 2. The Labute approximate surface area is 162 Å². The van der Waals surface area contributed by atoms with Gasteiger partial charge in [0.05, 0.1) is 31.0 Å². The first-order valence-corrected chi connectivity index (χ1v) is 8.90. The summed E-state index contributed by atoms with van der Waals surface area (Å²) in [5.74, 6) is 1.20. The number of halogens is 1. The Morgan fingerprint density at radius 1 is 1.26 bits per heavy atom. The number of anilines is 2. The van der Waals surface area contributed by atoms with Gasteiger partial charge in [0.25, 0.3) is 5.91 Å². The molecule has 1 amide bonds. The van der Waals surface area contributed by atoms with E-state index in [-0.39, 0.29) is 17.7 Å². The lowest BCUT2D eigenvalue weighted by Crippen LogP contribution is -2.32. The van der Waals surface area contributed by atoms with Crippen LogP contribution in [0, 0.1) is 0 Å². The molecule has 3 rings (SSSR count). The van der Waals surface area contributed by atoms with Crippen molar-refractivity contribution in [1.29, 1.82) is 0 Å². The van der Waals surface area contributed by atoms with Crippen molar-refractivity contribution >= 4 is 29.0 Å². The third-order valence-electron chi connectivity index (χ3n) is 4.15. The lowest BCUT2D eigenvalue weighted by Gasteiger charge is -2.13. The van der Waals surface area contributed by atoms with Crippen molar-refractivity contribution in [2.45, 2.75) is 18.9 Å². The van der Waals surface area contributed by atoms with Crippen LogP contribution in [0.2, 0.25) is 5.02 Å². The maximum atomic E-state index is 12.2. The van der Waals surface area contributed by atoms with Crippen LogP contribution in [0.15, 0.2) is 24.3 Å². The summed E-state index contributed by atoms with van der Waals surface area (Å²) in [6, 6.07) is 6.60. The molecule has 1 aliphatic rings. The van der Waals surface area contributed by atoms with Crippen molar-refractivity contribution in [3.05, 3.63) is 35.0 Å². The standard InChI is InChI=1S/C18H21ClN4O4/c1-25-15-9-14(16(26-2)8-12(15)19)21-17-6-5-13(22-23-17)18(24)20-10-11-4-3-7-27-11/h5-6,8-9,11H,3-4,7,10H2,1-2H3,(H,20,24)(H,21,23). The van der Waals surface area contributed by atoms with E-state index in [1.165, 1.54) is 14.2 Å². The lowest BCUT2D eigenvalue weighted by molar-refractivity contribution is 0.0853. The van der Waals surface area contributed by atoms with Gasteiger partial charge in [-0.3, -0.25) is 4.79 Å². The molecular formula is C18H21ClN4O4. The number of hydrogen-bond acceptors (Lipinski definition) is 7. The molecule has 1 unspecified atom stereocenters. The SMILES string of the molecule is COc1cc(Nc2ccc(C(=O)NCC3CCCO3)nn2)c(OC)cc1Cl. The Morgan fingerprint density at radius 3 is 2.70 bits per heavy atom. The van der Waals surface area contributed by atoms with E-state index < -0.39 is 0 Å². The van der Waals surface area contributed by atoms with Crippen molar-refractivity contribution in [3.8, 4) is 11.5 Å². The number of hydrogen-bond donors (Lipinski definition) is 2. The molecular weight excluding hydrogens is 372 g/mol. The highest BCUT2D eigenvalue weighted by Gasteiger charge is 2.17. The molecule has 144 valence electrons. The zero-order valence-corrected chi connectivity index (χ0v) is 15.9. The second-order valence-electron chi connectivity index (χ2n) is 5.96. The molecule has 0 saturated carbocycles. The molecule has 1 aromatic carbocycles. The molecule has 0 radical (unpaired) electrons. The van der Waals surface area contributed by atoms with Crippen molar-refractivity contribution in [3.63, 3.8) is 0 Å². The first-order chi connectivity index (χ1) is 13.1. The fourth-order valence-corrected chi connectivity index (χ4v) is 2.95. The van der Waals surface area contributed by atoms with Crippen LogP contribution in [0.5, 0.6) is 11.5 Å². The second kappa shape index (κ2) is 8.88. The van der Waals surface area contributed by atoms with E-state index >= 15 is 0 Å². The number of aromatic nitrogens is 2. The molecule has 1 atom stereocenters. The summed E-state index contributed by atoms with van der Waals surface area (Å²) in [7, 11) is 3.07. The number of carbonyl (C=O) groups is 1. The molecule has 0 aliphatic carbocycles. The normalized spacial score (nSPS) is 16.0. The topological polar surface area (TPSA) is 94.6 Å². The number of carbonyl (C=O) groups excluding carboxylic acids is 1. The first kappa shape index (κ1) is 19.2. The minimum absolute atomic E-state index is 0.0789. The fraction of sp³-hybridized carbons (Fsp3) is 0.389. The Balaban J connectivity index is 1.66. The van der Waals surface area contributed by atoms with Crippen LogP contribution >= 0.6 is 11.6 Å². The summed E-state index contributed by atoms with van der Waals surface area (Å²) in [6.45, 7) is 1.22. The van der Waals surface area contributed by atoms with Gasteiger partial charge in [0.15, 0.2) is 11.5 Å². The van der Waals surface area contributed by atoms with Crippen molar-refractivity contribution in [1.82, 2.24) is 15.5 Å². The fourth-order valence-electron chi connectivity index (χ4n) is 2.72. The predicted molar refractivity (Wildman–Crippen MR) is 101 cm³/mol. The molecule has 8 nitrogen and oxygen atoms in total. The van der Waals surface area contributed by atoms with Gasteiger partial charge in [-0.25, -0.2) is 0 Å². The molecule has 0 bridgehead atoms. The molecule has 1 aromatic heterocycles. The van der Waals surface area contributed by atoms with Crippen LogP contribution in [0.25, 0.3) is 0 Å². The van der Waals surface area contributed by atoms with Gasteiger partial charge in [0.2, 0.25) is 0 Å². The van der Waals surface area contributed by atoms with E-state index in [0.29, 0.717) is 34.6 Å². The minimum atomic E-state index is -0.282. The van der Waals surface area contributed by atoms with Gasteiger partial charge in [-0.1, -0.05) is 11.6 Å². The zero-order chi connectivity index (χ0) is 19.2. The summed E-state index contributed by atoms with van der Waals surface area (Å²) >= 11 is 6.10. The molecule has 1 aliphatic heterocycles. The van der Waals surface area contributed by atoms with Crippen molar-refractivity contribution in [2.75, 3.05) is 32.7 Å². The average Bonchev–Trinajstić information content (AvgIpc) is 3.21. The molecule has 2 aromatic rings. The summed E-state index contributed by atoms with van der Waals surface area (Å²) in [4.78, 5) is 12.2. The van der Waals surface area contributed by atoms with Crippen molar-refractivity contribution < 1.29 is 19.0 Å². The van der Waals surface area contributed by atoms with Crippen LogP contribution in [0.3, 0.4) is 0 Å². The second-order valence-corrected chi connectivity index (χ2v) is 6.37. The van der Waals surface area contributed by atoms with Crippen LogP contribution in [-0.4, -0.2) is 49.6 Å². The number of methoxy groups -OCH3 is 2. The lowest BCUT2D eigenvalue weighted by atomic mass is 10.2. The third kappa shape index (κ3) is 4.78. The average molecular weight is 393 g/mol. The van der Waals surface area contributed by atoms with E-state index in [9.17, 15) is 4.79 Å². The Kier molecular flexibility index (Phi) is 6.31.